The lowest BCUT2D eigenvalue weighted by Crippen LogP contribution is -1.90. The van der Waals surface area contributed by atoms with E-state index in [-0.39, 0.29) is 0 Å². The molecule has 0 aliphatic heterocycles. The van der Waals surface area contributed by atoms with Gasteiger partial charge in [0.1, 0.15) is 0 Å². The number of hydrogen-bond acceptors (Lipinski definition) is 0. The van der Waals surface area contributed by atoms with Gasteiger partial charge in [-0.2, -0.15) is 0 Å². The average molecular weight is 231 g/mol. The van der Waals surface area contributed by atoms with Crippen LogP contribution in [-0.2, 0) is 12.8 Å². The molecule has 0 spiro atoms. The molecule has 0 aromatic heterocycles. The van der Waals surface area contributed by atoms with E-state index >= 15 is 0 Å². The van der Waals surface area contributed by atoms with E-state index < -0.39 is 0 Å². The number of benzene rings is 2. The fraction of sp³-hybridized carbons (Fsp3) is 0.200. The largest absolute Gasteiger partial charge is 0.0840 e. The second-order valence-electron chi connectivity index (χ2n) is 3.94. The maximum Gasteiger partial charge on any atom is 0.0441 e. The Morgan fingerprint density at radius 1 is 0.938 bits per heavy atom. The summed E-state index contributed by atoms with van der Waals surface area (Å²) in [6.45, 7) is 2.18. The zero-order valence-electron chi connectivity index (χ0n) is 9.41. The van der Waals surface area contributed by atoms with Gasteiger partial charge in [0.05, 0.1) is 0 Å². The minimum Gasteiger partial charge on any atom is -0.0840 e. The van der Waals surface area contributed by atoms with Crippen molar-refractivity contribution in [1.29, 1.82) is 0 Å². The summed E-state index contributed by atoms with van der Waals surface area (Å²) in [7, 11) is 0. The molecule has 0 N–H and O–H groups in total. The van der Waals surface area contributed by atoms with Gasteiger partial charge in [-0.05, 0) is 35.6 Å². The Hall–Kier alpha value is -1.27. The Morgan fingerprint density at radius 3 is 2.44 bits per heavy atom. The first kappa shape index (κ1) is 11.2. The highest BCUT2D eigenvalue weighted by molar-refractivity contribution is 6.31. The average Bonchev–Trinajstić information content (AvgIpc) is 2.32. The smallest absolute Gasteiger partial charge is 0.0441 e. The van der Waals surface area contributed by atoms with Crippen molar-refractivity contribution in [1.82, 2.24) is 0 Å². The molecule has 16 heavy (non-hydrogen) atoms. The van der Waals surface area contributed by atoms with Crippen molar-refractivity contribution >= 4 is 11.6 Å². The van der Waals surface area contributed by atoms with E-state index in [0.29, 0.717) is 0 Å². The summed E-state index contributed by atoms with van der Waals surface area (Å²) in [5, 5.41) is 0.851. The maximum atomic E-state index is 6.15. The zero-order chi connectivity index (χ0) is 11.4. The Bertz CT molecular complexity index is 474. The van der Waals surface area contributed by atoms with Crippen LogP contribution >= 0.6 is 11.6 Å². The van der Waals surface area contributed by atoms with E-state index in [4.69, 9.17) is 11.6 Å². The van der Waals surface area contributed by atoms with Gasteiger partial charge < -0.3 is 0 Å². The summed E-state index contributed by atoms with van der Waals surface area (Å²) in [5.74, 6) is 0. The standard InChI is InChI=1S/C15H15Cl/c1-2-12-6-5-7-13(10-12)11-14-8-3-4-9-15(14)16/h3-10H,2,11H2,1H3. The molecule has 82 valence electrons. The molecule has 0 amide bonds. The summed E-state index contributed by atoms with van der Waals surface area (Å²) >= 11 is 6.15. The highest BCUT2D eigenvalue weighted by atomic mass is 35.5. The molecule has 0 unspecified atom stereocenters. The van der Waals surface area contributed by atoms with E-state index in [9.17, 15) is 0 Å². The van der Waals surface area contributed by atoms with Gasteiger partial charge in [0.2, 0.25) is 0 Å². The van der Waals surface area contributed by atoms with Gasteiger partial charge in [-0.3, -0.25) is 0 Å². The molecule has 0 heterocycles. The second kappa shape index (κ2) is 5.18. The second-order valence-corrected chi connectivity index (χ2v) is 4.35. The Balaban J connectivity index is 2.24. The fourth-order valence-electron chi connectivity index (χ4n) is 1.82. The van der Waals surface area contributed by atoms with Crippen molar-refractivity contribution < 1.29 is 0 Å². The Morgan fingerprint density at radius 2 is 1.69 bits per heavy atom. The molecule has 2 aromatic rings. The minimum absolute atomic E-state index is 0.851. The molecule has 0 aliphatic rings. The highest BCUT2D eigenvalue weighted by Gasteiger charge is 2.01. The van der Waals surface area contributed by atoms with Crippen LogP contribution in [0.2, 0.25) is 5.02 Å². The lowest BCUT2D eigenvalue weighted by atomic mass is 10.0. The number of halogens is 1. The van der Waals surface area contributed by atoms with Crippen LogP contribution in [0.1, 0.15) is 23.6 Å². The van der Waals surface area contributed by atoms with Gasteiger partial charge in [0, 0.05) is 5.02 Å². The van der Waals surface area contributed by atoms with E-state index in [2.05, 4.69) is 37.3 Å². The van der Waals surface area contributed by atoms with Crippen LogP contribution in [0.5, 0.6) is 0 Å². The van der Waals surface area contributed by atoms with Crippen LogP contribution in [0, 0.1) is 0 Å². The van der Waals surface area contributed by atoms with Crippen LogP contribution < -0.4 is 0 Å². The van der Waals surface area contributed by atoms with Crippen LogP contribution in [0.4, 0.5) is 0 Å². The molecule has 1 heteroatoms. The lowest BCUT2D eigenvalue weighted by molar-refractivity contribution is 1.11. The summed E-state index contributed by atoms with van der Waals surface area (Å²) in [4.78, 5) is 0. The Labute approximate surface area is 102 Å². The SMILES string of the molecule is CCc1cccc(Cc2ccccc2Cl)c1. The first-order chi connectivity index (χ1) is 7.79. The van der Waals surface area contributed by atoms with Crippen LogP contribution in [0.25, 0.3) is 0 Å². The van der Waals surface area contributed by atoms with Crippen molar-refractivity contribution in [3.63, 3.8) is 0 Å². The van der Waals surface area contributed by atoms with Crippen LogP contribution in [-0.4, -0.2) is 0 Å². The van der Waals surface area contributed by atoms with Crippen molar-refractivity contribution in [2.45, 2.75) is 19.8 Å². The maximum absolute atomic E-state index is 6.15. The third-order valence-corrected chi connectivity index (χ3v) is 3.12. The molecule has 0 atom stereocenters. The molecule has 0 saturated carbocycles. The Kier molecular flexibility index (Phi) is 3.63. The first-order valence-electron chi connectivity index (χ1n) is 5.61. The number of aryl methyl sites for hydroxylation is 1. The van der Waals surface area contributed by atoms with Crippen molar-refractivity contribution in [2.75, 3.05) is 0 Å². The normalized spacial score (nSPS) is 10.4. The van der Waals surface area contributed by atoms with Gasteiger partial charge in [0.15, 0.2) is 0 Å². The highest BCUT2D eigenvalue weighted by Crippen LogP contribution is 2.19. The minimum atomic E-state index is 0.851. The molecule has 0 radical (unpaired) electrons. The van der Waals surface area contributed by atoms with Gasteiger partial charge in [-0.15, -0.1) is 0 Å². The third-order valence-electron chi connectivity index (χ3n) is 2.75. The number of rotatable bonds is 3. The van der Waals surface area contributed by atoms with E-state index in [0.717, 1.165) is 17.9 Å². The van der Waals surface area contributed by atoms with Gasteiger partial charge >= 0.3 is 0 Å². The summed E-state index contributed by atoms with van der Waals surface area (Å²) < 4.78 is 0. The summed E-state index contributed by atoms with van der Waals surface area (Å²) in [6, 6.07) is 16.7. The molecule has 2 aromatic carbocycles. The van der Waals surface area contributed by atoms with Crippen molar-refractivity contribution in [3.8, 4) is 0 Å². The van der Waals surface area contributed by atoms with Crippen LogP contribution in [0.3, 0.4) is 0 Å². The number of hydrogen-bond donors (Lipinski definition) is 0. The predicted octanol–water partition coefficient (Wildman–Crippen LogP) is 4.49. The van der Waals surface area contributed by atoms with E-state index in [1.165, 1.54) is 16.7 Å². The molecular formula is C15H15Cl. The van der Waals surface area contributed by atoms with Crippen molar-refractivity contribution in [3.05, 3.63) is 70.2 Å². The molecule has 2 rings (SSSR count). The zero-order valence-corrected chi connectivity index (χ0v) is 10.2. The molecule has 0 fully saturated rings. The van der Waals surface area contributed by atoms with E-state index in [1.807, 2.05) is 18.2 Å². The molecule has 0 nitrogen and oxygen atoms in total. The van der Waals surface area contributed by atoms with Gasteiger partial charge in [-0.25, -0.2) is 0 Å². The predicted molar refractivity (Wildman–Crippen MR) is 70.1 cm³/mol. The van der Waals surface area contributed by atoms with Crippen molar-refractivity contribution in [2.24, 2.45) is 0 Å². The molecular weight excluding hydrogens is 216 g/mol. The van der Waals surface area contributed by atoms with Gasteiger partial charge in [0.25, 0.3) is 0 Å². The quantitative estimate of drug-likeness (QED) is 0.729. The fourth-order valence-corrected chi connectivity index (χ4v) is 2.02. The topological polar surface area (TPSA) is 0 Å². The van der Waals surface area contributed by atoms with Gasteiger partial charge in [-0.1, -0.05) is 61.0 Å². The molecule has 0 bridgehead atoms. The molecule has 0 saturated heterocycles. The van der Waals surface area contributed by atoms with Crippen LogP contribution in [0.15, 0.2) is 48.5 Å². The molecule has 0 aliphatic carbocycles. The summed E-state index contributed by atoms with van der Waals surface area (Å²) in [5.41, 5.74) is 3.90. The summed E-state index contributed by atoms with van der Waals surface area (Å²) in [6.07, 6.45) is 1.99. The lowest BCUT2D eigenvalue weighted by Gasteiger charge is -2.05. The first-order valence-corrected chi connectivity index (χ1v) is 5.98. The monoisotopic (exact) mass is 230 g/mol. The third kappa shape index (κ3) is 2.65. The van der Waals surface area contributed by atoms with E-state index in [1.54, 1.807) is 0 Å².